The van der Waals surface area contributed by atoms with E-state index in [1.165, 1.54) is 0 Å². The molecule has 3 heteroatoms. The van der Waals surface area contributed by atoms with Crippen LogP contribution in [0.15, 0.2) is 60.7 Å². The van der Waals surface area contributed by atoms with Crippen molar-refractivity contribution in [2.45, 2.75) is 25.3 Å². The van der Waals surface area contributed by atoms with Gasteiger partial charge in [-0.05, 0) is 37.0 Å². The van der Waals surface area contributed by atoms with E-state index < -0.39 is 0 Å². The monoisotopic (exact) mass is 297 g/mol. The first-order valence-corrected chi connectivity index (χ1v) is 7.71. The van der Waals surface area contributed by atoms with Gasteiger partial charge in [0.2, 0.25) is 0 Å². The summed E-state index contributed by atoms with van der Waals surface area (Å²) in [6.07, 6.45) is 2.93. The number of benzene rings is 2. The van der Waals surface area contributed by atoms with Crippen LogP contribution in [0.5, 0.6) is 0 Å². The molecule has 0 saturated carbocycles. The van der Waals surface area contributed by atoms with Crippen molar-refractivity contribution in [1.29, 1.82) is 0 Å². The number of carbonyl (C=O) groups excluding carboxylic acids is 1. The molecule has 1 atom stereocenters. The van der Waals surface area contributed by atoms with Crippen LogP contribution in [-0.2, 0) is 4.74 Å². The van der Waals surface area contributed by atoms with Crippen molar-refractivity contribution in [3.05, 3.63) is 71.8 Å². The fourth-order valence-corrected chi connectivity index (χ4v) is 2.43. The van der Waals surface area contributed by atoms with Crippen LogP contribution in [-0.4, -0.2) is 19.6 Å². The van der Waals surface area contributed by atoms with Gasteiger partial charge in [0.25, 0.3) is 5.91 Å². The number of ether oxygens (including phenoxy) is 1. The minimum absolute atomic E-state index is 0.0267. The number of hydrogen-bond acceptors (Lipinski definition) is 2. The zero-order chi connectivity index (χ0) is 15.6. The second kappa shape index (κ2) is 9.00. The van der Waals surface area contributed by atoms with Gasteiger partial charge in [0, 0.05) is 19.3 Å². The van der Waals surface area contributed by atoms with E-state index in [1.54, 1.807) is 7.11 Å². The predicted octanol–water partition coefficient (Wildman–Crippen LogP) is 3.97. The molecular formula is C19H23NO2. The lowest BCUT2D eigenvalue weighted by atomic mass is 10.0. The van der Waals surface area contributed by atoms with Gasteiger partial charge < -0.3 is 10.1 Å². The standard InChI is InChI=1S/C19H23NO2/c1-22-15-9-8-14-18(16-10-4-2-5-11-16)20-19(21)17-12-6-3-7-13-17/h2-7,10-13,18H,8-9,14-15H2,1H3,(H,20,21). The number of rotatable bonds is 8. The number of hydrogen-bond donors (Lipinski definition) is 1. The van der Waals surface area contributed by atoms with Gasteiger partial charge in [-0.15, -0.1) is 0 Å². The smallest absolute Gasteiger partial charge is 0.251 e. The molecule has 1 amide bonds. The Balaban J connectivity index is 2.02. The van der Waals surface area contributed by atoms with Gasteiger partial charge in [0.1, 0.15) is 0 Å². The summed E-state index contributed by atoms with van der Waals surface area (Å²) in [5.41, 5.74) is 1.84. The van der Waals surface area contributed by atoms with Crippen LogP contribution in [0.1, 0.15) is 41.2 Å². The van der Waals surface area contributed by atoms with Gasteiger partial charge in [-0.2, -0.15) is 0 Å². The Kier molecular flexibility index (Phi) is 6.65. The van der Waals surface area contributed by atoms with Crippen molar-refractivity contribution in [1.82, 2.24) is 5.32 Å². The largest absolute Gasteiger partial charge is 0.385 e. The van der Waals surface area contributed by atoms with Crippen molar-refractivity contribution in [2.24, 2.45) is 0 Å². The fraction of sp³-hybridized carbons (Fsp3) is 0.316. The highest BCUT2D eigenvalue weighted by atomic mass is 16.5. The molecule has 0 spiro atoms. The maximum Gasteiger partial charge on any atom is 0.251 e. The van der Waals surface area contributed by atoms with E-state index >= 15 is 0 Å². The summed E-state index contributed by atoms with van der Waals surface area (Å²) >= 11 is 0. The normalized spacial score (nSPS) is 11.9. The molecule has 22 heavy (non-hydrogen) atoms. The number of nitrogens with one attached hydrogen (secondary N) is 1. The molecule has 0 aliphatic heterocycles. The van der Waals surface area contributed by atoms with Crippen molar-refractivity contribution in [3.8, 4) is 0 Å². The van der Waals surface area contributed by atoms with Crippen LogP contribution in [0.3, 0.4) is 0 Å². The number of methoxy groups -OCH3 is 1. The van der Waals surface area contributed by atoms with Crippen molar-refractivity contribution in [2.75, 3.05) is 13.7 Å². The van der Waals surface area contributed by atoms with Crippen LogP contribution in [0.2, 0.25) is 0 Å². The zero-order valence-corrected chi connectivity index (χ0v) is 13.0. The third-order valence-corrected chi connectivity index (χ3v) is 3.63. The van der Waals surface area contributed by atoms with E-state index in [0.29, 0.717) is 5.56 Å². The number of unbranched alkanes of at least 4 members (excludes halogenated alkanes) is 1. The second-order valence-electron chi connectivity index (χ2n) is 5.29. The molecule has 0 radical (unpaired) electrons. The Morgan fingerprint density at radius 3 is 2.27 bits per heavy atom. The third kappa shape index (κ3) is 5.01. The Labute approximate surface area is 132 Å². The highest BCUT2D eigenvalue weighted by molar-refractivity contribution is 5.94. The SMILES string of the molecule is COCCCCC(NC(=O)c1ccccc1)c1ccccc1. The average Bonchev–Trinajstić information content (AvgIpc) is 2.59. The third-order valence-electron chi connectivity index (χ3n) is 3.63. The molecule has 0 aliphatic rings. The Bertz CT molecular complexity index is 554. The van der Waals surface area contributed by atoms with Gasteiger partial charge in [-0.25, -0.2) is 0 Å². The van der Waals surface area contributed by atoms with Gasteiger partial charge in [0.05, 0.1) is 6.04 Å². The van der Waals surface area contributed by atoms with Crippen molar-refractivity contribution >= 4 is 5.91 Å². The maximum absolute atomic E-state index is 12.4. The first-order valence-electron chi connectivity index (χ1n) is 7.71. The Morgan fingerprint density at radius 1 is 1.00 bits per heavy atom. The summed E-state index contributed by atoms with van der Waals surface area (Å²) in [6.45, 7) is 0.758. The van der Waals surface area contributed by atoms with E-state index in [0.717, 1.165) is 31.4 Å². The predicted molar refractivity (Wildman–Crippen MR) is 88.8 cm³/mol. The summed E-state index contributed by atoms with van der Waals surface area (Å²) in [7, 11) is 1.71. The van der Waals surface area contributed by atoms with Gasteiger partial charge >= 0.3 is 0 Å². The molecule has 1 unspecified atom stereocenters. The average molecular weight is 297 g/mol. The molecule has 0 aromatic heterocycles. The van der Waals surface area contributed by atoms with Gasteiger partial charge in [0.15, 0.2) is 0 Å². The summed E-state index contributed by atoms with van der Waals surface area (Å²) in [6, 6.07) is 19.5. The molecule has 0 aliphatic carbocycles. The molecule has 0 bridgehead atoms. The summed E-state index contributed by atoms with van der Waals surface area (Å²) in [4.78, 5) is 12.4. The van der Waals surface area contributed by atoms with Crippen LogP contribution >= 0.6 is 0 Å². The van der Waals surface area contributed by atoms with Crippen LogP contribution < -0.4 is 5.32 Å². The molecule has 1 N–H and O–H groups in total. The minimum Gasteiger partial charge on any atom is -0.385 e. The van der Waals surface area contributed by atoms with Crippen molar-refractivity contribution < 1.29 is 9.53 Å². The van der Waals surface area contributed by atoms with E-state index in [1.807, 2.05) is 48.5 Å². The van der Waals surface area contributed by atoms with E-state index in [9.17, 15) is 4.79 Å². The summed E-state index contributed by atoms with van der Waals surface area (Å²) < 4.78 is 5.09. The highest BCUT2D eigenvalue weighted by Gasteiger charge is 2.15. The number of amides is 1. The summed E-state index contributed by atoms with van der Waals surface area (Å²) in [5, 5.41) is 3.15. The lowest BCUT2D eigenvalue weighted by molar-refractivity contribution is 0.0933. The van der Waals surface area contributed by atoms with Gasteiger partial charge in [-0.1, -0.05) is 48.5 Å². The molecule has 0 heterocycles. The molecule has 2 rings (SSSR count). The molecule has 2 aromatic rings. The van der Waals surface area contributed by atoms with E-state index in [-0.39, 0.29) is 11.9 Å². The highest BCUT2D eigenvalue weighted by Crippen LogP contribution is 2.20. The van der Waals surface area contributed by atoms with Gasteiger partial charge in [-0.3, -0.25) is 4.79 Å². The molecule has 0 saturated heterocycles. The Hall–Kier alpha value is -2.13. The van der Waals surface area contributed by atoms with Crippen LogP contribution in [0.25, 0.3) is 0 Å². The lowest BCUT2D eigenvalue weighted by Gasteiger charge is -2.19. The zero-order valence-electron chi connectivity index (χ0n) is 13.0. The molecular weight excluding hydrogens is 274 g/mol. The molecule has 2 aromatic carbocycles. The molecule has 116 valence electrons. The minimum atomic E-state index is -0.0267. The van der Waals surface area contributed by atoms with E-state index in [4.69, 9.17) is 4.74 Å². The topological polar surface area (TPSA) is 38.3 Å². The first-order chi connectivity index (χ1) is 10.8. The van der Waals surface area contributed by atoms with Crippen LogP contribution in [0, 0.1) is 0 Å². The number of carbonyl (C=O) groups is 1. The van der Waals surface area contributed by atoms with Crippen molar-refractivity contribution in [3.63, 3.8) is 0 Å². The Morgan fingerprint density at radius 2 is 1.64 bits per heavy atom. The second-order valence-corrected chi connectivity index (χ2v) is 5.29. The quantitative estimate of drug-likeness (QED) is 0.749. The molecule has 3 nitrogen and oxygen atoms in total. The lowest BCUT2D eigenvalue weighted by Crippen LogP contribution is -2.28. The van der Waals surface area contributed by atoms with Crippen LogP contribution in [0.4, 0.5) is 0 Å². The molecule has 0 fully saturated rings. The first kappa shape index (κ1) is 16.2. The summed E-state index contributed by atoms with van der Waals surface area (Å²) in [5.74, 6) is -0.0267. The maximum atomic E-state index is 12.4. The van der Waals surface area contributed by atoms with E-state index in [2.05, 4.69) is 17.4 Å². The fourth-order valence-electron chi connectivity index (χ4n) is 2.43.